The number of hydrogen-bond donors (Lipinski definition) is 2. The van der Waals surface area contributed by atoms with Crippen LogP contribution in [0.4, 0.5) is 14.7 Å². The molecule has 2 atom stereocenters. The Morgan fingerprint density at radius 3 is 1.94 bits per heavy atom. The molecule has 4 aliphatic rings. The number of aryl methyl sites for hydroxylation is 2. The largest absolute Gasteiger partial charge is 0.336 e. The van der Waals surface area contributed by atoms with E-state index in [1.165, 1.54) is 64.4 Å². The van der Waals surface area contributed by atoms with E-state index in [0.29, 0.717) is 86.8 Å². The Morgan fingerprint density at radius 2 is 1.32 bits per heavy atom. The summed E-state index contributed by atoms with van der Waals surface area (Å²) < 4.78 is 17.0. The van der Waals surface area contributed by atoms with Crippen LogP contribution >= 0.6 is 57.8 Å². The number of amides is 6. The standard InChI is InChI=1S/C48H52ClFN8O6S4/c1-6-39(59)57-17-7-15-55(24-28(57)4)44(63)32-21-38(26(2)19-34(32)49)66-46-36(52-48(68-46)54-43(62)31-11-12-31)13-14-40(60)58-18-8-16-56(25-29(58)5)45(64)33-22-37(27(3)20-35(33)50)65-41-23-51-47(67-41)53-42(61)30-9-10-30/h6,13-14,19-23,28-31H,1,7-12,15-18,24-25H2,2-5H3,(H,51,53,61)(H,52,54,62)/b14-13+/t28-,29-/m1/s1. The van der Waals surface area contributed by atoms with Crippen LogP contribution < -0.4 is 10.6 Å². The number of nitrogens with one attached hydrogen (secondary N) is 2. The number of aromatic nitrogens is 2. The van der Waals surface area contributed by atoms with Gasteiger partial charge in [-0.1, -0.05) is 64.4 Å². The molecule has 2 saturated heterocycles. The Hall–Kier alpha value is -5.08. The molecule has 2 aromatic heterocycles. The number of halogens is 2. The molecule has 20 heteroatoms. The van der Waals surface area contributed by atoms with Crippen molar-refractivity contribution in [1.29, 1.82) is 0 Å². The lowest BCUT2D eigenvalue weighted by Gasteiger charge is -2.28. The quantitative estimate of drug-likeness (QED) is 0.124. The summed E-state index contributed by atoms with van der Waals surface area (Å²) in [6.07, 6.45) is 10.5. The van der Waals surface area contributed by atoms with Crippen molar-refractivity contribution in [2.24, 2.45) is 11.8 Å². The first-order chi connectivity index (χ1) is 32.6. The summed E-state index contributed by atoms with van der Waals surface area (Å²) >= 11 is 12.0. The van der Waals surface area contributed by atoms with Crippen molar-refractivity contribution in [3.8, 4) is 0 Å². The van der Waals surface area contributed by atoms with E-state index in [1.54, 1.807) is 57.0 Å². The number of anilines is 2. The van der Waals surface area contributed by atoms with Crippen molar-refractivity contribution in [3.63, 3.8) is 0 Å². The number of benzene rings is 2. The van der Waals surface area contributed by atoms with E-state index in [1.807, 2.05) is 20.8 Å². The van der Waals surface area contributed by atoms with Gasteiger partial charge in [-0.05, 0) is 114 Å². The van der Waals surface area contributed by atoms with Crippen molar-refractivity contribution in [2.45, 2.75) is 96.5 Å². The van der Waals surface area contributed by atoms with Crippen molar-refractivity contribution < 1.29 is 33.2 Å². The van der Waals surface area contributed by atoms with Crippen LogP contribution in [0, 0.1) is 31.5 Å². The van der Waals surface area contributed by atoms with Crippen LogP contribution in [-0.2, 0) is 19.2 Å². The molecule has 2 saturated carbocycles. The zero-order valence-corrected chi connectivity index (χ0v) is 42.2. The summed E-state index contributed by atoms with van der Waals surface area (Å²) in [5.41, 5.74) is 2.18. The Balaban J connectivity index is 0.960. The molecule has 4 fully saturated rings. The van der Waals surface area contributed by atoms with Gasteiger partial charge in [0.1, 0.15) is 5.82 Å². The topological polar surface area (TPSA) is 165 Å². The average molecular weight is 1020 g/mol. The normalized spacial score (nSPS) is 18.9. The molecular weight excluding hydrogens is 967 g/mol. The van der Waals surface area contributed by atoms with Crippen molar-refractivity contribution in [1.82, 2.24) is 29.6 Å². The van der Waals surface area contributed by atoms with Crippen LogP contribution in [0.1, 0.15) is 89.9 Å². The van der Waals surface area contributed by atoms with E-state index in [2.05, 4.69) is 22.2 Å². The van der Waals surface area contributed by atoms with Crippen LogP contribution in [0.2, 0.25) is 5.02 Å². The Kier molecular flexibility index (Phi) is 15.4. The van der Waals surface area contributed by atoms with Gasteiger partial charge in [0.05, 0.1) is 36.5 Å². The molecule has 0 bridgehead atoms. The summed E-state index contributed by atoms with van der Waals surface area (Å²) in [6, 6.07) is 5.80. The number of hydrogen-bond acceptors (Lipinski definition) is 12. The predicted octanol–water partition coefficient (Wildman–Crippen LogP) is 9.03. The van der Waals surface area contributed by atoms with Gasteiger partial charge < -0.3 is 30.2 Å². The minimum atomic E-state index is -0.630. The highest BCUT2D eigenvalue weighted by Gasteiger charge is 2.33. The Morgan fingerprint density at radius 1 is 0.765 bits per heavy atom. The number of carbonyl (C=O) groups is 6. The SMILES string of the molecule is C=CC(=O)N1CCCN(C(=O)c2cc(Sc3sc(NC(=O)C4CC4)nc3/C=C/C(=O)N3CCCN(C(=O)c4cc(Sc5cnc(NC(=O)C6CC6)s5)c(C)cc4F)C[C@H]3C)c(C)cc2Cl)C[C@H]1C. The highest BCUT2D eigenvalue weighted by atomic mass is 35.5. The van der Waals surface area contributed by atoms with E-state index < -0.39 is 17.8 Å². The van der Waals surface area contributed by atoms with Crippen LogP contribution in [-0.4, -0.2) is 116 Å². The minimum Gasteiger partial charge on any atom is -0.336 e. The molecule has 8 rings (SSSR count). The summed E-state index contributed by atoms with van der Waals surface area (Å²) in [5.74, 6) is -1.99. The first-order valence-electron chi connectivity index (χ1n) is 22.6. The number of thiazole rings is 2. The molecule has 2 N–H and O–H groups in total. The van der Waals surface area contributed by atoms with Gasteiger partial charge in [0.25, 0.3) is 11.8 Å². The van der Waals surface area contributed by atoms with Crippen molar-refractivity contribution in [2.75, 3.05) is 49.9 Å². The van der Waals surface area contributed by atoms with Gasteiger partial charge in [-0.2, -0.15) is 0 Å². The smallest absolute Gasteiger partial charge is 0.256 e. The fourth-order valence-electron chi connectivity index (χ4n) is 8.13. The maximum absolute atomic E-state index is 15.5. The summed E-state index contributed by atoms with van der Waals surface area (Å²) in [4.78, 5) is 96.8. The van der Waals surface area contributed by atoms with Crippen LogP contribution in [0.5, 0.6) is 0 Å². The third kappa shape index (κ3) is 11.7. The maximum Gasteiger partial charge on any atom is 0.256 e. The molecular formula is C48H52ClFN8O6S4. The summed E-state index contributed by atoms with van der Waals surface area (Å²) in [7, 11) is 0. The third-order valence-corrected chi connectivity index (χ3v) is 17.1. The second kappa shape index (κ2) is 21.3. The average Bonchev–Trinajstić information content (AvgIpc) is 4.24. The molecule has 4 aromatic rings. The van der Waals surface area contributed by atoms with Gasteiger partial charge >= 0.3 is 0 Å². The third-order valence-electron chi connectivity index (χ3n) is 12.3. The summed E-state index contributed by atoms with van der Waals surface area (Å²) in [5, 5.41) is 6.96. The highest BCUT2D eigenvalue weighted by Crippen LogP contribution is 2.42. The molecule has 14 nitrogen and oxygen atoms in total. The van der Waals surface area contributed by atoms with Gasteiger partial charge in [0.2, 0.25) is 23.6 Å². The molecule has 0 unspecified atom stereocenters. The molecule has 2 aliphatic carbocycles. The van der Waals surface area contributed by atoms with Gasteiger partial charge in [0, 0.05) is 79.1 Å². The van der Waals surface area contributed by atoms with E-state index in [4.69, 9.17) is 16.6 Å². The van der Waals surface area contributed by atoms with Crippen molar-refractivity contribution >= 4 is 110 Å². The lowest BCUT2D eigenvalue weighted by Crippen LogP contribution is -2.43. The minimum absolute atomic E-state index is 0.0369. The van der Waals surface area contributed by atoms with Crippen LogP contribution in [0.25, 0.3) is 6.08 Å². The van der Waals surface area contributed by atoms with E-state index in [-0.39, 0.29) is 59.5 Å². The lowest BCUT2D eigenvalue weighted by atomic mass is 10.1. The van der Waals surface area contributed by atoms with Gasteiger partial charge in [-0.3, -0.25) is 28.8 Å². The maximum atomic E-state index is 15.5. The molecule has 68 heavy (non-hydrogen) atoms. The van der Waals surface area contributed by atoms with Crippen LogP contribution in [0.3, 0.4) is 0 Å². The van der Waals surface area contributed by atoms with E-state index in [0.717, 1.165) is 40.4 Å². The molecule has 4 heterocycles. The summed E-state index contributed by atoms with van der Waals surface area (Å²) in [6.45, 7) is 13.2. The first-order valence-corrected chi connectivity index (χ1v) is 26.3. The monoisotopic (exact) mass is 1020 g/mol. The molecule has 2 aliphatic heterocycles. The molecule has 0 radical (unpaired) electrons. The molecule has 2 aromatic carbocycles. The van der Waals surface area contributed by atoms with E-state index in [9.17, 15) is 28.8 Å². The van der Waals surface area contributed by atoms with Gasteiger partial charge in [-0.25, -0.2) is 14.4 Å². The predicted molar refractivity (Wildman–Crippen MR) is 265 cm³/mol. The first kappa shape index (κ1) is 49.3. The van der Waals surface area contributed by atoms with E-state index >= 15 is 4.39 Å². The lowest BCUT2D eigenvalue weighted by molar-refractivity contribution is -0.128. The zero-order chi connectivity index (χ0) is 48.4. The van der Waals surface area contributed by atoms with Crippen molar-refractivity contribution in [3.05, 3.63) is 88.0 Å². The second-order valence-electron chi connectivity index (χ2n) is 17.6. The second-order valence-corrected chi connectivity index (χ2v) is 22.7. The molecule has 6 amide bonds. The number of rotatable bonds is 13. The zero-order valence-electron chi connectivity index (χ0n) is 38.1. The Bertz CT molecular complexity index is 2700. The number of nitrogens with zero attached hydrogens (tertiary/aromatic N) is 6. The number of carbonyl (C=O) groups excluding carboxylic acids is 6. The van der Waals surface area contributed by atoms with Gasteiger partial charge in [0.15, 0.2) is 10.3 Å². The fraction of sp³-hybridized carbons (Fsp3) is 0.417. The van der Waals surface area contributed by atoms with Gasteiger partial charge in [-0.15, -0.1) is 0 Å². The fourth-order valence-corrected chi connectivity index (χ4v) is 12.6. The molecule has 0 spiro atoms. The highest BCUT2D eigenvalue weighted by molar-refractivity contribution is 8.01. The van der Waals surface area contributed by atoms with Crippen LogP contribution in [0.15, 0.2) is 67.4 Å². The Labute approximate surface area is 416 Å². The molecule has 358 valence electrons.